The molecule has 0 spiro atoms. The topological polar surface area (TPSA) is 49.6 Å². The third-order valence-electron chi connectivity index (χ3n) is 7.55. The summed E-state index contributed by atoms with van der Waals surface area (Å²) in [5.74, 6) is 2.70. The van der Waals surface area contributed by atoms with Gasteiger partial charge >= 0.3 is 0 Å². The minimum Gasteiger partial charge on any atom is -0.355 e. The molecule has 1 saturated heterocycles. The van der Waals surface area contributed by atoms with Crippen molar-refractivity contribution in [3.63, 3.8) is 0 Å². The lowest BCUT2D eigenvalue weighted by Crippen LogP contribution is -2.48. The van der Waals surface area contributed by atoms with Gasteiger partial charge in [0.15, 0.2) is 5.82 Å². The number of nitrogens with one attached hydrogen (secondary N) is 1. The van der Waals surface area contributed by atoms with Crippen LogP contribution in [0.3, 0.4) is 0 Å². The number of piperidine rings is 1. The molecule has 3 atom stereocenters. The van der Waals surface area contributed by atoms with Gasteiger partial charge in [0.05, 0.1) is 16.6 Å². The zero-order valence-corrected chi connectivity index (χ0v) is 18.1. The van der Waals surface area contributed by atoms with Crippen molar-refractivity contribution in [2.24, 2.45) is 17.8 Å². The second-order valence-electron chi connectivity index (χ2n) is 9.33. The van der Waals surface area contributed by atoms with Crippen molar-refractivity contribution in [3.8, 4) is 0 Å². The van der Waals surface area contributed by atoms with E-state index in [1.165, 1.54) is 12.8 Å². The van der Waals surface area contributed by atoms with Gasteiger partial charge in [0, 0.05) is 31.2 Å². The van der Waals surface area contributed by atoms with Crippen molar-refractivity contribution in [1.29, 1.82) is 0 Å². The first-order chi connectivity index (χ1) is 14.6. The molecule has 3 aromatic rings. The number of nitrogens with zero attached hydrogens (tertiary/aromatic N) is 3. The van der Waals surface area contributed by atoms with Crippen LogP contribution in [0.1, 0.15) is 46.0 Å². The van der Waals surface area contributed by atoms with E-state index in [0.29, 0.717) is 17.9 Å². The Morgan fingerprint density at radius 2 is 1.77 bits per heavy atom. The molecule has 1 aliphatic heterocycles. The first-order valence-electron chi connectivity index (χ1n) is 11.5. The van der Waals surface area contributed by atoms with Crippen molar-refractivity contribution in [3.05, 3.63) is 42.6 Å². The number of aromatic nitrogens is 2. The van der Waals surface area contributed by atoms with E-state index in [1.54, 1.807) is 0 Å². The van der Waals surface area contributed by atoms with Gasteiger partial charge in [0.2, 0.25) is 5.91 Å². The summed E-state index contributed by atoms with van der Waals surface area (Å²) in [4.78, 5) is 20.3. The fourth-order valence-corrected chi connectivity index (χ4v) is 5.38. The van der Waals surface area contributed by atoms with Crippen LogP contribution in [0.4, 0.5) is 5.82 Å². The number of anilines is 1. The predicted molar refractivity (Wildman–Crippen MR) is 122 cm³/mol. The molecule has 5 heteroatoms. The van der Waals surface area contributed by atoms with Gasteiger partial charge in [-0.15, -0.1) is 0 Å². The van der Waals surface area contributed by atoms with E-state index in [0.717, 1.165) is 54.7 Å². The molecule has 5 rings (SSSR count). The molecule has 1 amide bonds. The number of carbonyl (C=O) groups is 1. The van der Waals surface area contributed by atoms with Crippen LogP contribution in [0.25, 0.3) is 16.6 Å². The maximum absolute atomic E-state index is 13.0. The van der Waals surface area contributed by atoms with E-state index in [-0.39, 0.29) is 11.8 Å². The monoisotopic (exact) mass is 404 g/mol. The Kier molecular flexibility index (Phi) is 5.13. The minimum absolute atomic E-state index is 0.119. The zero-order valence-electron chi connectivity index (χ0n) is 18.1. The third kappa shape index (κ3) is 3.44. The number of hydrogen-bond acceptors (Lipinski definition) is 3. The second-order valence-corrected chi connectivity index (χ2v) is 9.33. The van der Waals surface area contributed by atoms with Crippen molar-refractivity contribution in [2.45, 2.75) is 52.0 Å². The van der Waals surface area contributed by atoms with Gasteiger partial charge in [-0.1, -0.05) is 38.8 Å². The molecule has 1 N–H and O–H groups in total. The Morgan fingerprint density at radius 1 is 1.00 bits per heavy atom. The molecular weight excluding hydrogens is 372 g/mol. The van der Waals surface area contributed by atoms with Crippen LogP contribution < -0.4 is 10.2 Å². The highest BCUT2D eigenvalue weighted by atomic mass is 16.2. The number of benzene rings is 1. The molecule has 2 aromatic heterocycles. The quantitative estimate of drug-likeness (QED) is 0.692. The van der Waals surface area contributed by atoms with Crippen LogP contribution in [0.5, 0.6) is 0 Å². The Balaban J connectivity index is 1.29. The minimum atomic E-state index is 0.119. The first-order valence-corrected chi connectivity index (χ1v) is 11.5. The fraction of sp³-hybridized carbons (Fsp3) is 0.520. The van der Waals surface area contributed by atoms with Crippen LogP contribution in [-0.2, 0) is 4.79 Å². The lowest BCUT2D eigenvalue weighted by Gasteiger charge is -2.37. The molecule has 1 saturated carbocycles. The predicted octanol–water partition coefficient (Wildman–Crippen LogP) is 4.64. The van der Waals surface area contributed by atoms with Crippen LogP contribution in [0.2, 0.25) is 0 Å². The lowest BCUT2D eigenvalue weighted by molar-refractivity contribution is -0.127. The summed E-state index contributed by atoms with van der Waals surface area (Å²) in [6.07, 6.45) is 7.54. The van der Waals surface area contributed by atoms with Crippen LogP contribution >= 0.6 is 0 Å². The number of para-hydroxylation sites is 2. The molecule has 1 aliphatic carbocycles. The molecule has 2 fully saturated rings. The number of fused-ring (bicyclic) bond motifs is 3. The maximum atomic E-state index is 13.0. The summed E-state index contributed by atoms with van der Waals surface area (Å²) in [6.45, 7) is 6.37. The van der Waals surface area contributed by atoms with E-state index in [4.69, 9.17) is 4.98 Å². The smallest absolute Gasteiger partial charge is 0.223 e. The molecule has 30 heavy (non-hydrogen) atoms. The Hall–Kier alpha value is -2.56. The molecule has 158 valence electrons. The zero-order chi connectivity index (χ0) is 20.7. The van der Waals surface area contributed by atoms with Gasteiger partial charge in [-0.2, -0.15) is 0 Å². The number of rotatable bonds is 3. The summed E-state index contributed by atoms with van der Waals surface area (Å²) in [5.41, 5.74) is 3.28. The van der Waals surface area contributed by atoms with Gasteiger partial charge in [-0.05, 0) is 55.4 Å². The molecule has 0 unspecified atom stereocenters. The normalized spacial score (nSPS) is 25.7. The van der Waals surface area contributed by atoms with Gasteiger partial charge < -0.3 is 14.6 Å². The van der Waals surface area contributed by atoms with E-state index in [1.807, 2.05) is 6.07 Å². The Morgan fingerprint density at radius 3 is 2.60 bits per heavy atom. The Labute approximate surface area is 178 Å². The first kappa shape index (κ1) is 19.4. The maximum Gasteiger partial charge on any atom is 0.223 e. The van der Waals surface area contributed by atoms with E-state index in [9.17, 15) is 4.79 Å². The summed E-state index contributed by atoms with van der Waals surface area (Å²) in [5, 5.41) is 3.40. The highest BCUT2D eigenvalue weighted by Gasteiger charge is 2.32. The lowest BCUT2D eigenvalue weighted by atomic mass is 9.78. The average molecular weight is 405 g/mol. The second kappa shape index (κ2) is 7.93. The van der Waals surface area contributed by atoms with E-state index in [2.05, 4.69) is 65.0 Å². The number of hydrogen-bond donors (Lipinski definition) is 1. The molecular formula is C25H32N4O. The SMILES string of the molecule is C[C@H]1[C@H](C)CCC[C@@H]1NC(=O)C1CCN(c2nc3ccccc3n3cccc23)CC1. The molecule has 2 aliphatic rings. The average Bonchev–Trinajstić information content (AvgIpc) is 3.27. The molecule has 3 heterocycles. The molecule has 0 bridgehead atoms. The van der Waals surface area contributed by atoms with Crippen LogP contribution in [0.15, 0.2) is 42.6 Å². The highest BCUT2D eigenvalue weighted by molar-refractivity contribution is 5.85. The van der Waals surface area contributed by atoms with Crippen molar-refractivity contribution >= 4 is 28.3 Å². The summed E-state index contributed by atoms with van der Waals surface area (Å²) < 4.78 is 2.22. The fourth-order valence-electron chi connectivity index (χ4n) is 5.38. The van der Waals surface area contributed by atoms with Gasteiger partial charge in [0.1, 0.15) is 0 Å². The largest absolute Gasteiger partial charge is 0.355 e. The number of carbonyl (C=O) groups excluding carboxylic acids is 1. The van der Waals surface area contributed by atoms with Crippen molar-refractivity contribution < 1.29 is 4.79 Å². The van der Waals surface area contributed by atoms with Crippen molar-refractivity contribution in [1.82, 2.24) is 14.7 Å². The van der Waals surface area contributed by atoms with Crippen LogP contribution in [-0.4, -0.2) is 34.4 Å². The van der Waals surface area contributed by atoms with Gasteiger partial charge in [0.25, 0.3) is 0 Å². The molecule has 0 radical (unpaired) electrons. The van der Waals surface area contributed by atoms with Gasteiger partial charge in [-0.25, -0.2) is 4.98 Å². The standard InChI is InChI=1S/C25H32N4O/c1-17-7-5-9-20(18(17)2)27-25(30)19-12-15-28(16-13-19)24-23-11-6-14-29(23)22-10-4-3-8-21(22)26-24/h3-4,6,8,10-11,14,17-20H,5,7,9,12-13,15-16H2,1-2H3,(H,27,30)/t17-,18+,20+/m1/s1. The summed E-state index contributed by atoms with van der Waals surface area (Å²) in [7, 11) is 0. The van der Waals surface area contributed by atoms with Gasteiger partial charge in [-0.3, -0.25) is 4.79 Å². The Bertz CT molecular complexity index is 1050. The van der Waals surface area contributed by atoms with E-state index >= 15 is 0 Å². The summed E-state index contributed by atoms with van der Waals surface area (Å²) >= 11 is 0. The third-order valence-corrected chi connectivity index (χ3v) is 7.55. The van der Waals surface area contributed by atoms with Crippen molar-refractivity contribution in [2.75, 3.05) is 18.0 Å². The highest BCUT2D eigenvalue weighted by Crippen LogP contribution is 2.31. The summed E-state index contributed by atoms with van der Waals surface area (Å²) in [6, 6.07) is 12.9. The molecule has 5 nitrogen and oxygen atoms in total. The van der Waals surface area contributed by atoms with Crippen LogP contribution in [0, 0.1) is 17.8 Å². The number of amides is 1. The van der Waals surface area contributed by atoms with E-state index < -0.39 is 0 Å². The molecule has 1 aromatic carbocycles.